The van der Waals surface area contributed by atoms with Crippen molar-refractivity contribution in [1.29, 1.82) is 0 Å². The normalized spacial score (nSPS) is 19.8. The van der Waals surface area contributed by atoms with E-state index >= 15 is 0 Å². The van der Waals surface area contributed by atoms with E-state index in [0.717, 1.165) is 5.69 Å². The van der Waals surface area contributed by atoms with Crippen molar-refractivity contribution >= 4 is 0 Å². The predicted molar refractivity (Wildman–Crippen MR) is 52.4 cm³/mol. The van der Waals surface area contributed by atoms with Gasteiger partial charge in [-0.05, 0) is 25.8 Å². The first kappa shape index (κ1) is 9.17. The summed E-state index contributed by atoms with van der Waals surface area (Å²) in [6, 6.07) is 1.80. The summed E-state index contributed by atoms with van der Waals surface area (Å²) in [5, 5.41) is 9.79. The summed E-state index contributed by atoms with van der Waals surface area (Å²) >= 11 is 0. The highest BCUT2D eigenvalue weighted by Gasteiger charge is 2.28. The van der Waals surface area contributed by atoms with Gasteiger partial charge in [-0.15, -0.1) is 6.42 Å². The molecule has 3 heteroatoms. The Morgan fingerprint density at radius 2 is 2.29 bits per heavy atom. The maximum absolute atomic E-state index is 9.79. The number of aromatic nitrogens is 2. The number of nitrogens with zero attached hydrogens (tertiary/aromatic N) is 2. The molecule has 72 valence electrons. The van der Waals surface area contributed by atoms with Crippen molar-refractivity contribution in [2.45, 2.75) is 31.3 Å². The first-order valence-corrected chi connectivity index (χ1v) is 4.66. The van der Waals surface area contributed by atoms with Crippen LogP contribution in [0.25, 0.3) is 0 Å². The van der Waals surface area contributed by atoms with Gasteiger partial charge in [-0.2, -0.15) is 0 Å². The highest BCUT2D eigenvalue weighted by atomic mass is 16.3. The third kappa shape index (κ3) is 1.61. The minimum Gasteiger partial charge on any atom is -0.372 e. The Balaban J connectivity index is 2.35. The van der Waals surface area contributed by atoms with Gasteiger partial charge in [0, 0.05) is 11.6 Å². The van der Waals surface area contributed by atoms with Crippen LogP contribution in [0.2, 0.25) is 0 Å². The quantitative estimate of drug-likeness (QED) is 0.709. The molecule has 1 fully saturated rings. The minimum absolute atomic E-state index is 0.511. The Bertz CT molecular complexity index is 389. The largest absolute Gasteiger partial charge is 0.372 e. The number of hydrogen-bond acceptors (Lipinski definition) is 3. The molecule has 0 aromatic carbocycles. The van der Waals surface area contributed by atoms with Crippen molar-refractivity contribution in [3.8, 4) is 12.3 Å². The van der Waals surface area contributed by atoms with Crippen molar-refractivity contribution < 1.29 is 5.11 Å². The summed E-state index contributed by atoms with van der Waals surface area (Å²) in [6.07, 6.45) is 9.04. The number of terminal acetylenes is 1. The van der Waals surface area contributed by atoms with Gasteiger partial charge >= 0.3 is 0 Å². The number of rotatable bonds is 2. The van der Waals surface area contributed by atoms with Crippen LogP contribution in [0.5, 0.6) is 0 Å². The fourth-order valence-corrected chi connectivity index (χ4v) is 1.31. The van der Waals surface area contributed by atoms with E-state index < -0.39 is 5.60 Å². The molecule has 1 aliphatic carbocycles. The second-order valence-electron chi connectivity index (χ2n) is 3.82. The van der Waals surface area contributed by atoms with E-state index in [0.29, 0.717) is 11.6 Å². The molecule has 0 saturated heterocycles. The lowest BCUT2D eigenvalue weighted by atomic mass is 10.0. The molecule has 1 aromatic heterocycles. The fourth-order valence-electron chi connectivity index (χ4n) is 1.31. The third-order valence-corrected chi connectivity index (χ3v) is 2.46. The van der Waals surface area contributed by atoms with Gasteiger partial charge in [0.2, 0.25) is 0 Å². The molecular formula is C11H12N2O. The van der Waals surface area contributed by atoms with Crippen LogP contribution in [-0.4, -0.2) is 15.1 Å². The zero-order chi connectivity index (χ0) is 10.2. The highest BCUT2D eigenvalue weighted by Crippen LogP contribution is 2.39. The summed E-state index contributed by atoms with van der Waals surface area (Å²) in [5.41, 5.74) is 0.217. The Morgan fingerprint density at radius 1 is 1.57 bits per heavy atom. The second-order valence-corrected chi connectivity index (χ2v) is 3.82. The van der Waals surface area contributed by atoms with Crippen LogP contribution in [0.3, 0.4) is 0 Å². The first-order valence-electron chi connectivity index (χ1n) is 4.66. The topological polar surface area (TPSA) is 46.0 Å². The molecule has 0 aliphatic heterocycles. The zero-order valence-electron chi connectivity index (χ0n) is 8.07. The lowest BCUT2D eigenvalue weighted by Gasteiger charge is -2.15. The molecule has 1 N–H and O–H groups in total. The Hall–Kier alpha value is -1.40. The molecule has 1 aliphatic rings. The molecule has 1 saturated carbocycles. The average Bonchev–Trinajstić information content (AvgIpc) is 3.01. The van der Waals surface area contributed by atoms with Gasteiger partial charge in [0.25, 0.3) is 0 Å². The minimum atomic E-state index is -1.29. The number of hydrogen-bond donors (Lipinski definition) is 1. The Kier molecular flexibility index (Phi) is 2.01. The van der Waals surface area contributed by atoms with Crippen LogP contribution in [0.4, 0.5) is 0 Å². The molecular weight excluding hydrogens is 176 g/mol. The Labute approximate surface area is 83.2 Å². The van der Waals surface area contributed by atoms with Crippen molar-refractivity contribution in [1.82, 2.24) is 9.97 Å². The monoisotopic (exact) mass is 188 g/mol. The van der Waals surface area contributed by atoms with Gasteiger partial charge in [-0.25, -0.2) is 9.97 Å². The van der Waals surface area contributed by atoms with Crippen molar-refractivity contribution in [2.75, 3.05) is 0 Å². The van der Waals surface area contributed by atoms with E-state index in [4.69, 9.17) is 6.42 Å². The molecule has 0 bridgehead atoms. The van der Waals surface area contributed by atoms with E-state index in [-0.39, 0.29) is 0 Å². The summed E-state index contributed by atoms with van der Waals surface area (Å²) in [6.45, 7) is 1.56. The molecule has 1 atom stereocenters. The maximum Gasteiger partial charge on any atom is 0.164 e. The smallest absolute Gasteiger partial charge is 0.164 e. The van der Waals surface area contributed by atoms with Crippen LogP contribution in [0.15, 0.2) is 12.4 Å². The van der Waals surface area contributed by atoms with E-state index in [2.05, 4.69) is 15.9 Å². The highest BCUT2D eigenvalue weighted by molar-refractivity contribution is 5.26. The standard InChI is InChI=1S/C11H12N2O/c1-3-11(2,14)10-6-9(8-4-5-8)12-7-13-10/h1,6-8,14H,4-5H2,2H3/t11-/m1/s1. The van der Waals surface area contributed by atoms with Crippen molar-refractivity contribution in [2.24, 2.45) is 0 Å². The van der Waals surface area contributed by atoms with Crippen molar-refractivity contribution in [3.63, 3.8) is 0 Å². The average molecular weight is 188 g/mol. The van der Waals surface area contributed by atoms with E-state index in [1.807, 2.05) is 0 Å². The van der Waals surface area contributed by atoms with Crippen LogP contribution >= 0.6 is 0 Å². The van der Waals surface area contributed by atoms with Gasteiger partial charge in [-0.3, -0.25) is 0 Å². The van der Waals surface area contributed by atoms with Crippen LogP contribution in [-0.2, 0) is 5.60 Å². The summed E-state index contributed by atoms with van der Waals surface area (Å²) < 4.78 is 0. The van der Waals surface area contributed by atoms with Gasteiger partial charge < -0.3 is 5.11 Å². The van der Waals surface area contributed by atoms with Gasteiger partial charge in [-0.1, -0.05) is 5.92 Å². The van der Waals surface area contributed by atoms with E-state index in [1.54, 1.807) is 13.0 Å². The lowest BCUT2D eigenvalue weighted by molar-refractivity contribution is 0.117. The van der Waals surface area contributed by atoms with Crippen molar-refractivity contribution in [3.05, 3.63) is 23.8 Å². The SMILES string of the molecule is C#C[C@@](C)(O)c1cc(C2CC2)ncn1. The first-order chi connectivity index (χ1) is 6.63. The van der Waals surface area contributed by atoms with E-state index in [1.165, 1.54) is 19.2 Å². The zero-order valence-corrected chi connectivity index (χ0v) is 8.07. The molecule has 2 rings (SSSR count). The van der Waals surface area contributed by atoms with Gasteiger partial charge in [0.15, 0.2) is 5.60 Å². The molecule has 3 nitrogen and oxygen atoms in total. The molecule has 0 radical (unpaired) electrons. The number of aliphatic hydroxyl groups is 1. The fraction of sp³-hybridized carbons (Fsp3) is 0.455. The summed E-state index contributed by atoms with van der Waals surface area (Å²) in [4.78, 5) is 8.15. The molecule has 0 unspecified atom stereocenters. The molecule has 1 heterocycles. The second kappa shape index (κ2) is 3.07. The summed E-state index contributed by atoms with van der Waals surface area (Å²) in [7, 11) is 0. The third-order valence-electron chi connectivity index (χ3n) is 2.46. The lowest BCUT2D eigenvalue weighted by Crippen LogP contribution is -2.20. The van der Waals surface area contributed by atoms with Crippen LogP contribution in [0, 0.1) is 12.3 Å². The molecule has 0 amide bonds. The van der Waals surface area contributed by atoms with Gasteiger partial charge in [0.1, 0.15) is 6.33 Å². The molecule has 0 spiro atoms. The van der Waals surface area contributed by atoms with Crippen LogP contribution in [0.1, 0.15) is 37.1 Å². The van der Waals surface area contributed by atoms with Gasteiger partial charge in [0.05, 0.1) is 5.69 Å². The molecule has 1 aromatic rings. The molecule has 14 heavy (non-hydrogen) atoms. The summed E-state index contributed by atoms with van der Waals surface area (Å²) in [5.74, 6) is 2.86. The predicted octanol–water partition coefficient (Wildman–Crippen LogP) is 1.19. The van der Waals surface area contributed by atoms with E-state index in [9.17, 15) is 5.11 Å². The maximum atomic E-state index is 9.79. The van der Waals surface area contributed by atoms with Crippen LogP contribution < -0.4 is 0 Å². The Morgan fingerprint density at radius 3 is 2.86 bits per heavy atom.